The summed E-state index contributed by atoms with van der Waals surface area (Å²) >= 11 is 0. The molecule has 0 unspecified atom stereocenters. The van der Waals surface area contributed by atoms with Gasteiger partial charge in [-0.05, 0) is 17.2 Å². The van der Waals surface area contributed by atoms with Crippen LogP contribution in [0.1, 0.15) is 24.2 Å². The van der Waals surface area contributed by atoms with Gasteiger partial charge >= 0.3 is 0 Å². The first-order chi connectivity index (χ1) is 10.8. The van der Waals surface area contributed by atoms with E-state index in [1.807, 2.05) is 67.9 Å². The Balaban J connectivity index is 0.000000847. The highest BCUT2D eigenvalue weighted by atomic mass is 16.1. The number of nitrogens with zero attached hydrogens (tertiary/aromatic N) is 3. The Morgan fingerprint density at radius 1 is 1.00 bits per heavy atom. The second-order valence-corrected chi connectivity index (χ2v) is 4.55. The van der Waals surface area contributed by atoms with Crippen LogP contribution in [0.5, 0.6) is 0 Å². The summed E-state index contributed by atoms with van der Waals surface area (Å²) in [6.07, 6.45) is 2.53. The van der Waals surface area contributed by atoms with E-state index in [4.69, 9.17) is 0 Å². The molecule has 0 aliphatic rings. The van der Waals surface area contributed by atoms with Gasteiger partial charge in [0, 0.05) is 18.2 Å². The van der Waals surface area contributed by atoms with Crippen molar-refractivity contribution in [1.82, 2.24) is 14.8 Å². The van der Waals surface area contributed by atoms with E-state index in [1.54, 1.807) is 12.4 Å². The van der Waals surface area contributed by atoms with Gasteiger partial charge in [0.05, 0.1) is 0 Å². The fourth-order valence-corrected chi connectivity index (χ4v) is 2.24. The number of aryl methyl sites for hydroxylation is 1. The predicted molar refractivity (Wildman–Crippen MR) is 88.6 cm³/mol. The van der Waals surface area contributed by atoms with Gasteiger partial charge in [-0.3, -0.25) is 4.79 Å². The molecule has 1 aromatic heterocycles. The first-order valence-electron chi connectivity index (χ1n) is 7.28. The van der Waals surface area contributed by atoms with Crippen LogP contribution >= 0.6 is 0 Å². The number of rotatable bonds is 3. The van der Waals surface area contributed by atoms with E-state index in [0.29, 0.717) is 5.56 Å². The van der Waals surface area contributed by atoms with E-state index in [-0.39, 0.29) is 0 Å². The maximum Gasteiger partial charge on any atom is 0.164 e. The van der Waals surface area contributed by atoms with E-state index in [2.05, 4.69) is 10.2 Å². The Kier molecular flexibility index (Phi) is 5.20. The van der Waals surface area contributed by atoms with Crippen LogP contribution in [0.2, 0.25) is 0 Å². The fraction of sp³-hybridized carbons (Fsp3) is 0.167. The third-order valence-electron chi connectivity index (χ3n) is 3.21. The molecule has 4 nitrogen and oxygen atoms in total. The second kappa shape index (κ2) is 7.31. The normalized spacial score (nSPS) is 9.77. The van der Waals surface area contributed by atoms with Gasteiger partial charge < -0.3 is 4.57 Å². The number of aldehydes is 1. The van der Waals surface area contributed by atoms with Gasteiger partial charge in [-0.2, -0.15) is 0 Å². The largest absolute Gasteiger partial charge is 0.317 e. The average Bonchev–Trinajstić information content (AvgIpc) is 3.02. The molecule has 2 aromatic carbocycles. The van der Waals surface area contributed by atoms with E-state index >= 15 is 0 Å². The Morgan fingerprint density at radius 3 is 2.36 bits per heavy atom. The lowest BCUT2D eigenvalue weighted by molar-refractivity contribution is 0.112. The highest BCUT2D eigenvalue weighted by Crippen LogP contribution is 2.30. The molecule has 4 heteroatoms. The molecule has 0 radical (unpaired) electrons. The summed E-state index contributed by atoms with van der Waals surface area (Å²) in [6.45, 7) is 4.00. The van der Waals surface area contributed by atoms with Crippen molar-refractivity contribution in [3.8, 4) is 22.5 Å². The van der Waals surface area contributed by atoms with Crippen molar-refractivity contribution < 1.29 is 4.79 Å². The van der Waals surface area contributed by atoms with Crippen LogP contribution in [-0.4, -0.2) is 21.1 Å². The van der Waals surface area contributed by atoms with Crippen molar-refractivity contribution in [1.29, 1.82) is 0 Å². The number of hydrogen-bond donors (Lipinski definition) is 0. The first-order valence-corrected chi connectivity index (χ1v) is 7.28. The van der Waals surface area contributed by atoms with E-state index < -0.39 is 0 Å². The van der Waals surface area contributed by atoms with Gasteiger partial charge in [-0.1, -0.05) is 56.3 Å². The Labute approximate surface area is 130 Å². The van der Waals surface area contributed by atoms with Gasteiger partial charge in [0.2, 0.25) is 0 Å². The number of hydrogen-bond acceptors (Lipinski definition) is 3. The average molecular weight is 293 g/mol. The van der Waals surface area contributed by atoms with Crippen molar-refractivity contribution in [2.24, 2.45) is 7.05 Å². The molecule has 0 aliphatic carbocycles. The van der Waals surface area contributed by atoms with Gasteiger partial charge in [0.25, 0.3) is 0 Å². The lowest BCUT2D eigenvalue weighted by Crippen LogP contribution is -1.94. The maximum atomic E-state index is 10.9. The summed E-state index contributed by atoms with van der Waals surface area (Å²) in [5.41, 5.74) is 3.69. The molecule has 3 rings (SSSR count). The van der Waals surface area contributed by atoms with Crippen molar-refractivity contribution in [2.75, 3.05) is 0 Å². The molecule has 0 saturated carbocycles. The number of carbonyl (C=O) groups is 1. The van der Waals surface area contributed by atoms with Gasteiger partial charge in [-0.25, -0.2) is 0 Å². The van der Waals surface area contributed by atoms with Crippen molar-refractivity contribution >= 4 is 6.29 Å². The first kappa shape index (κ1) is 15.6. The van der Waals surface area contributed by atoms with Crippen LogP contribution in [0.15, 0.2) is 54.9 Å². The smallest absolute Gasteiger partial charge is 0.164 e. The molecule has 3 aromatic rings. The van der Waals surface area contributed by atoms with Crippen molar-refractivity contribution in [3.05, 3.63) is 60.4 Å². The molecule has 0 saturated heterocycles. The predicted octanol–water partition coefficient (Wildman–Crippen LogP) is 3.99. The van der Waals surface area contributed by atoms with Crippen LogP contribution in [0.4, 0.5) is 0 Å². The van der Waals surface area contributed by atoms with Gasteiger partial charge in [-0.15, -0.1) is 10.2 Å². The molecule has 0 amide bonds. The monoisotopic (exact) mass is 293 g/mol. The van der Waals surface area contributed by atoms with E-state index in [9.17, 15) is 4.79 Å². The summed E-state index contributed by atoms with van der Waals surface area (Å²) in [5.74, 6) is 0.803. The summed E-state index contributed by atoms with van der Waals surface area (Å²) < 4.78 is 1.88. The summed E-state index contributed by atoms with van der Waals surface area (Å²) in [4.78, 5) is 10.9. The minimum Gasteiger partial charge on any atom is -0.317 e. The van der Waals surface area contributed by atoms with Crippen LogP contribution in [-0.2, 0) is 7.05 Å². The highest BCUT2D eigenvalue weighted by molar-refractivity contribution is 5.84. The van der Waals surface area contributed by atoms with Crippen LogP contribution in [0.25, 0.3) is 22.5 Å². The summed E-state index contributed by atoms with van der Waals surface area (Å²) in [6, 6.07) is 15.5. The molecule has 0 N–H and O–H groups in total. The van der Waals surface area contributed by atoms with Gasteiger partial charge in [0.1, 0.15) is 12.6 Å². The van der Waals surface area contributed by atoms with E-state index in [0.717, 1.165) is 28.8 Å². The molecule has 22 heavy (non-hydrogen) atoms. The maximum absolute atomic E-state index is 10.9. The third-order valence-corrected chi connectivity index (χ3v) is 3.21. The standard InChI is InChI=1S/C16H13N3O.C2H6/c1-19-11-17-18-16(19)15-8-3-2-7-14(15)13-6-4-5-12(9-13)10-20;1-2/h2-11H,1H3;1-2H3. The molecule has 0 fully saturated rings. The number of aromatic nitrogens is 3. The number of benzene rings is 2. The lowest BCUT2D eigenvalue weighted by Gasteiger charge is -2.09. The third kappa shape index (κ3) is 3.11. The molecule has 0 spiro atoms. The SMILES string of the molecule is CC.Cn1cnnc1-c1ccccc1-c1cccc(C=O)c1. The quantitative estimate of drug-likeness (QED) is 0.686. The van der Waals surface area contributed by atoms with Crippen molar-refractivity contribution in [2.45, 2.75) is 13.8 Å². The van der Waals surface area contributed by atoms with Gasteiger partial charge in [0.15, 0.2) is 5.82 Å². The minimum atomic E-state index is 0.662. The zero-order chi connectivity index (χ0) is 15.9. The lowest BCUT2D eigenvalue weighted by atomic mass is 9.98. The second-order valence-electron chi connectivity index (χ2n) is 4.55. The zero-order valence-electron chi connectivity index (χ0n) is 13.0. The minimum absolute atomic E-state index is 0.662. The fourth-order valence-electron chi connectivity index (χ4n) is 2.24. The van der Waals surface area contributed by atoms with Crippen molar-refractivity contribution in [3.63, 3.8) is 0 Å². The molecular formula is C18H19N3O. The van der Waals surface area contributed by atoms with Crippen LogP contribution in [0.3, 0.4) is 0 Å². The Morgan fingerprint density at radius 2 is 1.73 bits per heavy atom. The highest BCUT2D eigenvalue weighted by Gasteiger charge is 2.11. The Bertz CT molecular complexity index is 762. The van der Waals surface area contributed by atoms with E-state index in [1.165, 1.54) is 0 Å². The molecule has 112 valence electrons. The molecule has 0 bridgehead atoms. The molecule has 0 atom stereocenters. The molecular weight excluding hydrogens is 274 g/mol. The topological polar surface area (TPSA) is 47.8 Å². The molecule has 1 heterocycles. The molecule has 0 aliphatic heterocycles. The van der Waals surface area contributed by atoms with Crippen LogP contribution in [0, 0.1) is 0 Å². The summed E-state index contributed by atoms with van der Waals surface area (Å²) in [5, 5.41) is 8.08. The van der Waals surface area contributed by atoms with Crippen LogP contribution < -0.4 is 0 Å². The Hall–Kier alpha value is -2.75. The number of carbonyl (C=O) groups excluding carboxylic acids is 1. The summed E-state index contributed by atoms with van der Waals surface area (Å²) in [7, 11) is 1.91. The zero-order valence-corrected chi connectivity index (χ0v) is 13.0.